The molecule has 0 aromatic carbocycles. The van der Waals surface area contributed by atoms with Gasteiger partial charge in [0.15, 0.2) is 0 Å². The second kappa shape index (κ2) is 2.72. The summed E-state index contributed by atoms with van der Waals surface area (Å²) in [5.74, 6) is -1.88. The lowest BCUT2D eigenvalue weighted by molar-refractivity contribution is -0.144. The highest BCUT2D eigenvalue weighted by Crippen LogP contribution is 2.25. The van der Waals surface area contributed by atoms with E-state index in [-0.39, 0.29) is 5.82 Å². The zero-order valence-corrected chi connectivity index (χ0v) is 7.04. The Morgan fingerprint density at radius 2 is 2.07 bits per heavy atom. The first-order valence-electron chi connectivity index (χ1n) is 3.70. The van der Waals surface area contributed by atoms with Crippen LogP contribution in [0.4, 0.5) is 19.0 Å². The molecular weight excluding hydrogens is 215 g/mol. The summed E-state index contributed by atoms with van der Waals surface area (Å²) in [6, 6.07) is 0.894. The average molecular weight is 219 g/mol. The fourth-order valence-electron chi connectivity index (χ4n) is 1.03. The van der Waals surface area contributed by atoms with Crippen molar-refractivity contribution in [2.75, 3.05) is 5.73 Å². The van der Waals surface area contributed by atoms with Crippen LogP contribution in [0.25, 0.3) is 5.78 Å². The minimum absolute atomic E-state index is 0.180. The normalized spacial score (nSPS) is 12.2. The van der Waals surface area contributed by atoms with Gasteiger partial charge in [0.2, 0.25) is 5.82 Å². The summed E-state index contributed by atoms with van der Waals surface area (Å²) in [5, 5.41) is 1.78. The molecule has 0 aliphatic rings. The summed E-state index contributed by atoms with van der Waals surface area (Å²) in [6.45, 7) is 0. The second-order valence-electron chi connectivity index (χ2n) is 2.72. The number of H-pyrrole nitrogens is 1. The molecule has 0 saturated carbocycles. The smallest absolute Gasteiger partial charge is 0.383 e. The molecule has 0 amide bonds. The lowest BCUT2D eigenvalue weighted by Gasteiger charge is -1.98. The largest absolute Gasteiger partial charge is 0.451 e. The van der Waals surface area contributed by atoms with Gasteiger partial charge in [0, 0.05) is 6.07 Å². The molecule has 2 aromatic heterocycles. The maximum absolute atomic E-state index is 12.2. The van der Waals surface area contributed by atoms with Crippen molar-refractivity contribution in [3.05, 3.63) is 22.2 Å². The van der Waals surface area contributed by atoms with Crippen LogP contribution in [0, 0.1) is 0 Å². The monoisotopic (exact) mass is 219 g/mol. The number of hydrogen-bond acceptors (Lipinski definition) is 4. The standard InChI is InChI=1S/C6H4F3N5O/c7-6(8,9)4-12-5-11-2(10)1-3(15)14(5)13-4/h1H,10H2,(H,11,12,13). The van der Waals surface area contributed by atoms with Gasteiger partial charge in [-0.2, -0.15) is 27.7 Å². The number of alkyl halides is 3. The number of rotatable bonds is 0. The van der Waals surface area contributed by atoms with Gasteiger partial charge in [-0.05, 0) is 0 Å². The number of aromatic nitrogens is 4. The summed E-state index contributed by atoms with van der Waals surface area (Å²) < 4.78 is 37.1. The lowest BCUT2D eigenvalue weighted by atomic mass is 10.6. The molecular formula is C6H4F3N5O. The molecule has 2 heterocycles. The second-order valence-corrected chi connectivity index (χ2v) is 2.72. The molecule has 15 heavy (non-hydrogen) atoms. The van der Waals surface area contributed by atoms with Gasteiger partial charge >= 0.3 is 6.18 Å². The van der Waals surface area contributed by atoms with E-state index in [0.29, 0.717) is 4.52 Å². The molecule has 0 saturated heterocycles. The van der Waals surface area contributed by atoms with E-state index < -0.39 is 23.3 Å². The zero-order chi connectivity index (χ0) is 11.2. The number of hydrogen-bond donors (Lipinski definition) is 2. The van der Waals surface area contributed by atoms with E-state index in [1.165, 1.54) is 0 Å². The van der Waals surface area contributed by atoms with Crippen molar-refractivity contribution in [3.8, 4) is 0 Å². The van der Waals surface area contributed by atoms with Crippen LogP contribution in [0.1, 0.15) is 5.82 Å². The van der Waals surface area contributed by atoms with Crippen molar-refractivity contribution in [2.24, 2.45) is 0 Å². The highest BCUT2D eigenvalue weighted by molar-refractivity contribution is 5.37. The Hall–Kier alpha value is -2.06. The zero-order valence-electron chi connectivity index (χ0n) is 7.04. The Morgan fingerprint density at radius 1 is 1.40 bits per heavy atom. The van der Waals surface area contributed by atoms with Crippen LogP contribution in [0.5, 0.6) is 0 Å². The van der Waals surface area contributed by atoms with E-state index in [4.69, 9.17) is 5.73 Å². The number of anilines is 1. The topological polar surface area (TPSA) is 89.1 Å². The third-order valence-corrected chi connectivity index (χ3v) is 1.62. The molecule has 0 atom stereocenters. The average Bonchev–Trinajstić information content (AvgIpc) is 2.46. The van der Waals surface area contributed by atoms with Crippen LogP contribution in [0.2, 0.25) is 0 Å². The third-order valence-electron chi connectivity index (χ3n) is 1.62. The summed E-state index contributed by atoms with van der Waals surface area (Å²) in [4.78, 5) is 17.7. The molecule has 2 aromatic rings. The van der Waals surface area contributed by atoms with Gasteiger partial charge in [-0.3, -0.25) is 9.89 Å². The number of aromatic amines is 1. The van der Waals surface area contributed by atoms with Crippen molar-refractivity contribution in [2.45, 2.75) is 6.18 Å². The molecule has 3 N–H and O–H groups in total. The SMILES string of the molecule is Nc1cc(=O)n2[nH]c(C(F)(F)F)nc2n1. The predicted molar refractivity (Wildman–Crippen MR) is 43.0 cm³/mol. The van der Waals surface area contributed by atoms with Crippen molar-refractivity contribution in [1.82, 2.24) is 19.6 Å². The van der Waals surface area contributed by atoms with Crippen molar-refractivity contribution in [1.29, 1.82) is 0 Å². The van der Waals surface area contributed by atoms with Crippen LogP contribution in [0.3, 0.4) is 0 Å². The molecule has 9 heteroatoms. The Balaban J connectivity index is 2.77. The molecule has 0 fully saturated rings. The van der Waals surface area contributed by atoms with Crippen LogP contribution < -0.4 is 11.3 Å². The molecule has 0 unspecified atom stereocenters. The molecule has 80 valence electrons. The van der Waals surface area contributed by atoms with E-state index in [9.17, 15) is 18.0 Å². The Kier molecular flexibility index (Phi) is 1.72. The molecule has 0 aliphatic carbocycles. The molecule has 0 spiro atoms. The van der Waals surface area contributed by atoms with E-state index in [2.05, 4.69) is 9.97 Å². The number of nitrogens with two attached hydrogens (primary N) is 1. The number of nitrogens with zero attached hydrogens (tertiary/aromatic N) is 3. The molecule has 0 aliphatic heterocycles. The van der Waals surface area contributed by atoms with E-state index in [1.807, 2.05) is 0 Å². The Morgan fingerprint density at radius 3 is 2.67 bits per heavy atom. The fourth-order valence-corrected chi connectivity index (χ4v) is 1.03. The maximum atomic E-state index is 12.2. The van der Waals surface area contributed by atoms with Crippen LogP contribution in [0.15, 0.2) is 10.9 Å². The van der Waals surface area contributed by atoms with Crippen molar-refractivity contribution in [3.63, 3.8) is 0 Å². The van der Waals surface area contributed by atoms with Crippen molar-refractivity contribution >= 4 is 11.6 Å². The molecule has 2 rings (SSSR count). The highest BCUT2D eigenvalue weighted by atomic mass is 19.4. The van der Waals surface area contributed by atoms with Gasteiger partial charge in [0.05, 0.1) is 0 Å². The van der Waals surface area contributed by atoms with Gasteiger partial charge in [-0.15, -0.1) is 0 Å². The number of halogens is 3. The summed E-state index contributed by atoms with van der Waals surface area (Å²) in [6.07, 6.45) is -4.66. The number of nitrogen functional groups attached to an aromatic ring is 1. The van der Waals surface area contributed by atoms with Crippen molar-refractivity contribution < 1.29 is 13.2 Å². The summed E-state index contributed by atoms with van der Waals surface area (Å²) >= 11 is 0. The van der Waals surface area contributed by atoms with Gasteiger partial charge < -0.3 is 5.73 Å². The minimum Gasteiger partial charge on any atom is -0.383 e. The molecule has 6 nitrogen and oxygen atoms in total. The van der Waals surface area contributed by atoms with Gasteiger partial charge in [-0.1, -0.05) is 0 Å². The maximum Gasteiger partial charge on any atom is 0.451 e. The fraction of sp³-hybridized carbons (Fsp3) is 0.167. The number of nitrogens with one attached hydrogen (secondary N) is 1. The predicted octanol–water partition coefficient (Wildman–Crippen LogP) is 0.0186. The van der Waals surface area contributed by atoms with E-state index in [0.717, 1.165) is 6.07 Å². The van der Waals surface area contributed by atoms with Gasteiger partial charge in [-0.25, -0.2) is 0 Å². The minimum atomic E-state index is -4.66. The first kappa shape index (κ1) is 9.49. The quantitative estimate of drug-likeness (QED) is 0.653. The van der Waals surface area contributed by atoms with E-state index >= 15 is 0 Å². The lowest BCUT2D eigenvalue weighted by Crippen LogP contribution is -2.16. The van der Waals surface area contributed by atoms with Crippen LogP contribution in [-0.4, -0.2) is 19.6 Å². The van der Waals surface area contributed by atoms with E-state index in [1.54, 1.807) is 5.10 Å². The Bertz CT molecular complexity index is 568. The first-order chi connectivity index (χ1) is 6.88. The van der Waals surface area contributed by atoms with Gasteiger partial charge in [0.25, 0.3) is 11.3 Å². The summed E-state index contributed by atoms with van der Waals surface area (Å²) in [7, 11) is 0. The molecule has 0 bridgehead atoms. The van der Waals surface area contributed by atoms with Crippen LogP contribution >= 0.6 is 0 Å². The first-order valence-corrected chi connectivity index (χ1v) is 3.70. The van der Waals surface area contributed by atoms with Crippen LogP contribution in [-0.2, 0) is 6.18 Å². The number of fused-ring (bicyclic) bond motifs is 1. The summed E-state index contributed by atoms with van der Waals surface area (Å²) in [5.41, 5.74) is 4.43. The van der Waals surface area contributed by atoms with Gasteiger partial charge in [0.1, 0.15) is 5.82 Å². The Labute approximate surface area is 79.5 Å². The third kappa shape index (κ3) is 1.51. The highest BCUT2D eigenvalue weighted by Gasteiger charge is 2.35. The molecule has 0 radical (unpaired) electrons.